The molecule has 2 aliphatic carbocycles. The summed E-state index contributed by atoms with van der Waals surface area (Å²) in [5.74, 6) is 1.13. The second-order valence-electron chi connectivity index (χ2n) is 8.43. The van der Waals surface area contributed by atoms with E-state index >= 15 is 0 Å². The first-order valence-corrected chi connectivity index (χ1v) is 10.2. The van der Waals surface area contributed by atoms with E-state index in [0.717, 1.165) is 45.4 Å². The molecule has 2 saturated carbocycles. The number of hydrogen-bond donors (Lipinski definition) is 2. The summed E-state index contributed by atoms with van der Waals surface area (Å²) in [5, 5.41) is 6.69. The Morgan fingerprint density at radius 3 is 2.30 bits per heavy atom. The highest BCUT2D eigenvalue weighted by molar-refractivity contribution is 5.85. The molecule has 0 aromatic rings. The van der Waals surface area contributed by atoms with Gasteiger partial charge in [0.2, 0.25) is 11.8 Å². The smallest absolute Gasteiger partial charge is 0.239 e. The van der Waals surface area contributed by atoms with Gasteiger partial charge in [-0.25, -0.2) is 0 Å². The standard InChI is InChI=1S/C19H32N4O2.2ClH/c1-13(18(24)20-15-6-7-15)22-8-10-23(11-9-22)19(25)17-12-14-4-2-3-5-16(14)21-17;;/h13-17,21H,2-12H2,1H3,(H,20,24);2*1H. The lowest BCUT2D eigenvalue weighted by molar-refractivity contribution is -0.136. The van der Waals surface area contributed by atoms with E-state index in [0.29, 0.717) is 18.0 Å². The van der Waals surface area contributed by atoms with Crippen molar-refractivity contribution < 1.29 is 9.59 Å². The van der Waals surface area contributed by atoms with E-state index in [4.69, 9.17) is 0 Å². The maximum atomic E-state index is 12.9. The van der Waals surface area contributed by atoms with Crippen LogP contribution in [0.3, 0.4) is 0 Å². The van der Waals surface area contributed by atoms with Crippen LogP contribution in [0, 0.1) is 5.92 Å². The summed E-state index contributed by atoms with van der Waals surface area (Å²) >= 11 is 0. The zero-order valence-corrected chi connectivity index (χ0v) is 17.8. The van der Waals surface area contributed by atoms with Crippen molar-refractivity contribution in [3.63, 3.8) is 0 Å². The maximum Gasteiger partial charge on any atom is 0.239 e. The molecule has 0 spiro atoms. The molecule has 8 heteroatoms. The predicted octanol–water partition coefficient (Wildman–Crippen LogP) is 1.56. The molecule has 4 rings (SSSR count). The van der Waals surface area contributed by atoms with Gasteiger partial charge in [-0.2, -0.15) is 0 Å². The van der Waals surface area contributed by atoms with Crippen LogP contribution >= 0.6 is 24.8 Å². The van der Waals surface area contributed by atoms with Crippen LogP contribution in [0.4, 0.5) is 0 Å². The third-order valence-corrected chi connectivity index (χ3v) is 6.64. The van der Waals surface area contributed by atoms with Gasteiger partial charge in [0.1, 0.15) is 0 Å². The van der Waals surface area contributed by atoms with Crippen molar-refractivity contribution in [2.75, 3.05) is 26.2 Å². The van der Waals surface area contributed by atoms with Gasteiger partial charge >= 0.3 is 0 Å². The highest BCUT2D eigenvalue weighted by Gasteiger charge is 2.40. The molecule has 6 nitrogen and oxygen atoms in total. The zero-order chi connectivity index (χ0) is 17.4. The number of fused-ring (bicyclic) bond motifs is 1. The number of nitrogens with zero attached hydrogens (tertiary/aromatic N) is 2. The molecule has 0 aromatic heterocycles. The van der Waals surface area contributed by atoms with Crippen molar-refractivity contribution in [1.29, 1.82) is 0 Å². The maximum absolute atomic E-state index is 12.9. The average Bonchev–Trinajstić information content (AvgIpc) is 3.35. The molecule has 2 N–H and O–H groups in total. The SMILES string of the molecule is CC(C(=O)NC1CC1)N1CCN(C(=O)C2CC3CCCCC3N2)CC1.Cl.Cl. The number of amides is 2. The van der Waals surface area contributed by atoms with E-state index in [1.165, 1.54) is 25.7 Å². The summed E-state index contributed by atoms with van der Waals surface area (Å²) in [5.41, 5.74) is 0. The first kappa shape index (κ1) is 22.7. The van der Waals surface area contributed by atoms with E-state index in [-0.39, 0.29) is 48.7 Å². The lowest BCUT2D eigenvalue weighted by Crippen LogP contribution is -2.57. The lowest BCUT2D eigenvalue weighted by atomic mass is 9.85. The van der Waals surface area contributed by atoms with Crippen molar-refractivity contribution in [2.45, 2.75) is 76.0 Å². The van der Waals surface area contributed by atoms with Crippen LogP contribution in [0.5, 0.6) is 0 Å². The van der Waals surface area contributed by atoms with Crippen molar-refractivity contribution in [2.24, 2.45) is 5.92 Å². The molecule has 0 radical (unpaired) electrons. The van der Waals surface area contributed by atoms with Crippen LogP contribution in [-0.2, 0) is 9.59 Å². The van der Waals surface area contributed by atoms with E-state index < -0.39 is 0 Å². The molecule has 0 aromatic carbocycles. The van der Waals surface area contributed by atoms with Crippen molar-refractivity contribution in [1.82, 2.24) is 20.4 Å². The predicted molar refractivity (Wildman–Crippen MR) is 111 cm³/mol. The molecule has 2 heterocycles. The molecule has 2 amide bonds. The molecular formula is C19H34Cl2N4O2. The summed E-state index contributed by atoms with van der Waals surface area (Å²) in [6.45, 7) is 5.06. The summed E-state index contributed by atoms with van der Waals surface area (Å²) in [4.78, 5) is 29.3. The Balaban J connectivity index is 0.00000131. The van der Waals surface area contributed by atoms with Gasteiger partial charge < -0.3 is 15.5 Å². The fourth-order valence-electron chi connectivity index (χ4n) is 4.78. The fraction of sp³-hybridized carbons (Fsp3) is 0.895. The third kappa shape index (κ3) is 5.28. The van der Waals surface area contributed by atoms with E-state index in [1.807, 2.05) is 11.8 Å². The molecule has 156 valence electrons. The van der Waals surface area contributed by atoms with Crippen LogP contribution in [0.2, 0.25) is 0 Å². The molecule has 0 bridgehead atoms. The van der Waals surface area contributed by atoms with Gasteiger partial charge in [0.25, 0.3) is 0 Å². The Bertz CT molecular complexity index is 510. The molecule has 4 unspecified atom stereocenters. The molecule has 2 saturated heterocycles. The average molecular weight is 421 g/mol. The van der Waals surface area contributed by atoms with Gasteiger partial charge in [-0.15, -0.1) is 24.8 Å². The van der Waals surface area contributed by atoms with Gasteiger partial charge in [-0.3, -0.25) is 14.5 Å². The first-order valence-electron chi connectivity index (χ1n) is 10.2. The Morgan fingerprint density at radius 2 is 1.67 bits per heavy atom. The second kappa shape index (κ2) is 9.77. The second-order valence-corrected chi connectivity index (χ2v) is 8.43. The number of nitrogens with one attached hydrogen (secondary N) is 2. The number of piperazine rings is 1. The molecule has 27 heavy (non-hydrogen) atoms. The van der Waals surface area contributed by atoms with Gasteiger partial charge in [-0.05, 0) is 44.9 Å². The molecule has 4 aliphatic rings. The van der Waals surface area contributed by atoms with Crippen molar-refractivity contribution >= 4 is 36.6 Å². The van der Waals surface area contributed by atoms with Gasteiger partial charge in [0.05, 0.1) is 12.1 Å². The quantitative estimate of drug-likeness (QED) is 0.723. The highest BCUT2D eigenvalue weighted by Crippen LogP contribution is 2.33. The Labute approximate surface area is 175 Å². The highest BCUT2D eigenvalue weighted by atomic mass is 35.5. The van der Waals surface area contributed by atoms with Crippen LogP contribution < -0.4 is 10.6 Å². The van der Waals surface area contributed by atoms with E-state index in [2.05, 4.69) is 15.5 Å². The minimum atomic E-state index is -0.0923. The number of halogens is 2. The normalized spacial score (nSPS) is 31.9. The third-order valence-electron chi connectivity index (χ3n) is 6.64. The number of rotatable bonds is 4. The Hall–Kier alpha value is -0.560. The molecule has 2 aliphatic heterocycles. The van der Waals surface area contributed by atoms with Crippen LogP contribution in [-0.4, -0.2) is 72.0 Å². The van der Waals surface area contributed by atoms with Crippen LogP contribution in [0.15, 0.2) is 0 Å². The lowest BCUT2D eigenvalue weighted by Gasteiger charge is -2.38. The van der Waals surface area contributed by atoms with E-state index in [1.54, 1.807) is 0 Å². The van der Waals surface area contributed by atoms with Gasteiger partial charge in [0, 0.05) is 38.3 Å². The summed E-state index contributed by atoms with van der Waals surface area (Å²) in [6, 6.07) is 0.908. The Kier molecular flexibility index (Phi) is 8.22. The van der Waals surface area contributed by atoms with Crippen molar-refractivity contribution in [3.05, 3.63) is 0 Å². The van der Waals surface area contributed by atoms with E-state index in [9.17, 15) is 9.59 Å². The van der Waals surface area contributed by atoms with Crippen molar-refractivity contribution in [3.8, 4) is 0 Å². The van der Waals surface area contributed by atoms with Crippen LogP contribution in [0.25, 0.3) is 0 Å². The fourth-order valence-corrected chi connectivity index (χ4v) is 4.78. The monoisotopic (exact) mass is 420 g/mol. The minimum absolute atomic E-state index is 0. The van der Waals surface area contributed by atoms with Crippen LogP contribution in [0.1, 0.15) is 51.9 Å². The van der Waals surface area contributed by atoms with Gasteiger partial charge in [-0.1, -0.05) is 12.8 Å². The summed E-state index contributed by atoms with van der Waals surface area (Å²) in [7, 11) is 0. The molecular weight excluding hydrogens is 387 g/mol. The molecule has 4 atom stereocenters. The number of hydrogen-bond acceptors (Lipinski definition) is 4. The number of carbonyl (C=O) groups is 2. The van der Waals surface area contributed by atoms with Gasteiger partial charge in [0.15, 0.2) is 0 Å². The minimum Gasteiger partial charge on any atom is -0.352 e. The largest absolute Gasteiger partial charge is 0.352 e. The molecule has 4 fully saturated rings. The number of carbonyl (C=O) groups excluding carboxylic acids is 2. The first-order chi connectivity index (χ1) is 12.1. The summed E-state index contributed by atoms with van der Waals surface area (Å²) < 4.78 is 0. The zero-order valence-electron chi connectivity index (χ0n) is 16.2. The summed E-state index contributed by atoms with van der Waals surface area (Å²) in [6.07, 6.45) is 8.40. The Morgan fingerprint density at radius 1 is 1.00 bits per heavy atom. The topological polar surface area (TPSA) is 64.7 Å².